The minimum atomic E-state index is -3.90. The summed E-state index contributed by atoms with van der Waals surface area (Å²) >= 11 is 0. The average molecular weight is 317 g/mol. The van der Waals surface area contributed by atoms with Crippen LogP contribution in [0.3, 0.4) is 0 Å². The molecule has 0 saturated carbocycles. The number of esters is 1. The average Bonchev–Trinajstić information content (AvgIpc) is 2.33. The number of halogens is 1. The highest BCUT2D eigenvalue weighted by Crippen LogP contribution is 2.13. The lowest BCUT2D eigenvalue weighted by Crippen LogP contribution is -2.27. The van der Waals surface area contributed by atoms with Crippen LogP contribution in [0.4, 0.5) is 4.39 Å². The monoisotopic (exact) mass is 317 g/mol. The Hall–Kier alpha value is -1.47. The van der Waals surface area contributed by atoms with Crippen LogP contribution in [0.5, 0.6) is 0 Å². The minimum absolute atomic E-state index is 0.0376. The highest BCUT2D eigenvalue weighted by atomic mass is 32.2. The molecule has 0 aliphatic rings. The van der Waals surface area contributed by atoms with Crippen LogP contribution in [0, 0.1) is 5.82 Å². The van der Waals surface area contributed by atoms with Gasteiger partial charge in [-0.1, -0.05) is 12.1 Å². The van der Waals surface area contributed by atoms with E-state index < -0.39 is 32.3 Å². The first-order chi connectivity index (χ1) is 9.62. The van der Waals surface area contributed by atoms with Crippen molar-refractivity contribution in [3.05, 3.63) is 30.1 Å². The lowest BCUT2D eigenvalue weighted by molar-refractivity contribution is -0.154. The van der Waals surface area contributed by atoms with E-state index in [0.29, 0.717) is 0 Å². The van der Waals surface area contributed by atoms with Crippen molar-refractivity contribution in [2.45, 2.75) is 44.1 Å². The van der Waals surface area contributed by atoms with Crippen molar-refractivity contribution in [3.8, 4) is 0 Å². The molecule has 0 spiro atoms. The van der Waals surface area contributed by atoms with Gasteiger partial charge in [-0.3, -0.25) is 4.79 Å². The molecule has 1 aromatic carbocycles. The third kappa shape index (κ3) is 6.22. The second-order valence-corrected chi connectivity index (χ2v) is 7.25. The van der Waals surface area contributed by atoms with Crippen LogP contribution in [0.25, 0.3) is 0 Å². The molecule has 21 heavy (non-hydrogen) atoms. The zero-order valence-corrected chi connectivity index (χ0v) is 13.2. The van der Waals surface area contributed by atoms with Crippen LogP contribution < -0.4 is 4.72 Å². The summed E-state index contributed by atoms with van der Waals surface area (Å²) in [6.45, 7) is 5.30. The SMILES string of the molecule is CC(C)(C)OC(=O)CCCNS(=O)(=O)c1ccccc1F. The van der Waals surface area contributed by atoms with Crippen molar-refractivity contribution in [2.24, 2.45) is 0 Å². The second kappa shape index (κ2) is 7.00. The molecule has 118 valence electrons. The molecule has 1 rings (SSSR count). The number of rotatable bonds is 6. The molecule has 0 bridgehead atoms. The number of ether oxygens (including phenoxy) is 1. The molecule has 0 atom stereocenters. The summed E-state index contributed by atoms with van der Waals surface area (Å²) in [6.07, 6.45) is 0.375. The van der Waals surface area contributed by atoms with E-state index in [1.54, 1.807) is 20.8 Å². The maximum absolute atomic E-state index is 13.4. The number of carbonyl (C=O) groups excluding carboxylic acids is 1. The predicted octanol–water partition coefficient (Wildman–Crippen LogP) is 2.23. The highest BCUT2D eigenvalue weighted by molar-refractivity contribution is 7.89. The summed E-state index contributed by atoms with van der Waals surface area (Å²) in [5.74, 6) is -1.20. The van der Waals surface area contributed by atoms with Gasteiger partial charge in [0.25, 0.3) is 0 Å². The fraction of sp³-hybridized carbons (Fsp3) is 0.500. The first kappa shape index (κ1) is 17.6. The molecule has 0 aromatic heterocycles. The van der Waals surface area contributed by atoms with Crippen LogP contribution in [0.1, 0.15) is 33.6 Å². The van der Waals surface area contributed by atoms with Gasteiger partial charge < -0.3 is 4.74 Å². The first-order valence-corrected chi connectivity index (χ1v) is 8.06. The minimum Gasteiger partial charge on any atom is -0.460 e. The van der Waals surface area contributed by atoms with E-state index in [4.69, 9.17) is 4.74 Å². The van der Waals surface area contributed by atoms with Crippen LogP contribution in [-0.4, -0.2) is 26.5 Å². The van der Waals surface area contributed by atoms with Gasteiger partial charge in [-0.05, 0) is 39.3 Å². The van der Waals surface area contributed by atoms with Gasteiger partial charge in [-0.15, -0.1) is 0 Å². The Kier molecular flexibility index (Phi) is 5.86. The van der Waals surface area contributed by atoms with E-state index in [1.807, 2.05) is 0 Å². The molecule has 0 aliphatic heterocycles. The van der Waals surface area contributed by atoms with Gasteiger partial charge in [0.15, 0.2) is 0 Å². The third-order valence-corrected chi connectivity index (χ3v) is 3.89. The summed E-state index contributed by atoms with van der Waals surface area (Å²) in [6, 6.07) is 5.12. The van der Waals surface area contributed by atoms with E-state index in [-0.39, 0.29) is 19.4 Å². The number of benzene rings is 1. The first-order valence-electron chi connectivity index (χ1n) is 6.58. The Bertz CT molecular complexity index is 593. The van der Waals surface area contributed by atoms with Crippen molar-refractivity contribution in [3.63, 3.8) is 0 Å². The van der Waals surface area contributed by atoms with Crippen LogP contribution in [-0.2, 0) is 19.6 Å². The molecule has 0 radical (unpaired) electrons. The molecule has 0 amide bonds. The van der Waals surface area contributed by atoms with Gasteiger partial charge in [0.05, 0.1) is 0 Å². The molecule has 0 saturated heterocycles. The van der Waals surface area contributed by atoms with Crippen LogP contribution in [0.15, 0.2) is 29.2 Å². The number of nitrogens with one attached hydrogen (secondary N) is 1. The Morgan fingerprint density at radius 3 is 2.48 bits per heavy atom. The number of sulfonamides is 1. The summed E-state index contributed by atoms with van der Waals surface area (Å²) in [4.78, 5) is 11.0. The zero-order valence-electron chi connectivity index (χ0n) is 12.3. The van der Waals surface area contributed by atoms with Gasteiger partial charge >= 0.3 is 5.97 Å². The van der Waals surface area contributed by atoms with E-state index in [2.05, 4.69) is 4.72 Å². The predicted molar refractivity (Wildman–Crippen MR) is 76.7 cm³/mol. The van der Waals surface area contributed by atoms with Crippen molar-refractivity contribution in [2.75, 3.05) is 6.54 Å². The molecule has 5 nitrogen and oxygen atoms in total. The Labute approximate surface area is 124 Å². The van der Waals surface area contributed by atoms with Crippen molar-refractivity contribution in [1.29, 1.82) is 0 Å². The van der Waals surface area contributed by atoms with Crippen molar-refractivity contribution >= 4 is 16.0 Å². The molecule has 0 aliphatic carbocycles. The normalized spacial score (nSPS) is 12.2. The summed E-state index contributed by atoms with van der Waals surface area (Å²) in [7, 11) is -3.90. The number of hydrogen-bond donors (Lipinski definition) is 1. The van der Waals surface area contributed by atoms with Crippen LogP contribution in [0.2, 0.25) is 0 Å². The smallest absolute Gasteiger partial charge is 0.306 e. The van der Waals surface area contributed by atoms with Gasteiger partial charge in [0, 0.05) is 13.0 Å². The van der Waals surface area contributed by atoms with Gasteiger partial charge in [-0.25, -0.2) is 17.5 Å². The molecule has 0 fully saturated rings. The van der Waals surface area contributed by atoms with E-state index >= 15 is 0 Å². The molecular formula is C14H20FNO4S. The van der Waals surface area contributed by atoms with Crippen LogP contribution >= 0.6 is 0 Å². The maximum atomic E-state index is 13.4. The highest BCUT2D eigenvalue weighted by Gasteiger charge is 2.19. The second-order valence-electron chi connectivity index (χ2n) is 5.52. The van der Waals surface area contributed by atoms with E-state index in [1.165, 1.54) is 18.2 Å². The maximum Gasteiger partial charge on any atom is 0.306 e. The molecule has 1 aromatic rings. The Balaban J connectivity index is 2.46. The zero-order chi connectivity index (χ0) is 16.1. The Morgan fingerprint density at radius 1 is 1.29 bits per heavy atom. The van der Waals surface area contributed by atoms with E-state index in [9.17, 15) is 17.6 Å². The lowest BCUT2D eigenvalue weighted by atomic mass is 10.2. The standard InChI is InChI=1S/C14H20FNO4S/c1-14(2,3)20-13(17)9-6-10-16-21(18,19)12-8-5-4-7-11(12)15/h4-5,7-8,16H,6,9-10H2,1-3H3. The van der Waals surface area contributed by atoms with Crippen molar-refractivity contribution < 1.29 is 22.3 Å². The van der Waals surface area contributed by atoms with Gasteiger partial charge in [-0.2, -0.15) is 0 Å². The van der Waals surface area contributed by atoms with E-state index in [0.717, 1.165) is 6.07 Å². The Morgan fingerprint density at radius 2 is 1.90 bits per heavy atom. The molecule has 7 heteroatoms. The third-order valence-electron chi connectivity index (χ3n) is 2.40. The fourth-order valence-corrected chi connectivity index (χ4v) is 2.72. The van der Waals surface area contributed by atoms with Crippen molar-refractivity contribution in [1.82, 2.24) is 4.72 Å². The molecule has 0 heterocycles. The quantitative estimate of drug-likeness (QED) is 0.645. The molecule has 1 N–H and O–H groups in total. The summed E-state index contributed by atoms with van der Waals surface area (Å²) < 4.78 is 44.5. The molecular weight excluding hydrogens is 297 g/mol. The van der Waals surface area contributed by atoms with Gasteiger partial charge in [0.2, 0.25) is 10.0 Å². The fourth-order valence-electron chi connectivity index (χ4n) is 1.57. The topological polar surface area (TPSA) is 72.5 Å². The summed E-state index contributed by atoms with van der Waals surface area (Å²) in [5.41, 5.74) is -0.566. The lowest BCUT2D eigenvalue weighted by Gasteiger charge is -2.19. The summed E-state index contributed by atoms with van der Waals surface area (Å²) in [5, 5.41) is 0. The largest absolute Gasteiger partial charge is 0.460 e. The number of hydrogen-bond acceptors (Lipinski definition) is 4. The number of carbonyl (C=O) groups is 1. The molecule has 0 unspecified atom stereocenters. The van der Waals surface area contributed by atoms with Gasteiger partial charge in [0.1, 0.15) is 16.3 Å².